The molecule has 1 saturated heterocycles. The molecule has 0 aromatic carbocycles. The molecular weight excluding hydrogens is 292 g/mol. The van der Waals surface area contributed by atoms with E-state index in [9.17, 15) is 13.2 Å². The number of sulfone groups is 1. The molecule has 0 saturated carbocycles. The summed E-state index contributed by atoms with van der Waals surface area (Å²) < 4.78 is 28.0. The fraction of sp³-hybridized carbons (Fsp3) is 0.929. The number of hydrogen-bond donors (Lipinski definition) is 2. The Morgan fingerprint density at radius 1 is 1.29 bits per heavy atom. The second kappa shape index (κ2) is 7.45. The van der Waals surface area contributed by atoms with Crippen molar-refractivity contribution in [3.05, 3.63) is 0 Å². The Balaban J connectivity index is 2.34. The minimum Gasteiger partial charge on any atom is -0.444 e. The van der Waals surface area contributed by atoms with E-state index in [2.05, 4.69) is 10.6 Å². The number of ether oxygens (including phenoxy) is 1. The molecule has 0 aliphatic carbocycles. The van der Waals surface area contributed by atoms with Crippen LogP contribution in [0.3, 0.4) is 0 Å². The molecule has 0 aromatic rings. The van der Waals surface area contributed by atoms with Gasteiger partial charge >= 0.3 is 6.09 Å². The largest absolute Gasteiger partial charge is 0.444 e. The van der Waals surface area contributed by atoms with Gasteiger partial charge in [-0.25, -0.2) is 13.2 Å². The van der Waals surface area contributed by atoms with Crippen molar-refractivity contribution < 1.29 is 17.9 Å². The molecule has 1 amide bonds. The highest BCUT2D eigenvalue weighted by Crippen LogP contribution is 2.13. The summed E-state index contributed by atoms with van der Waals surface area (Å²) in [5, 5.41) is 6.18. The van der Waals surface area contributed by atoms with Gasteiger partial charge in [0.1, 0.15) is 15.4 Å². The molecule has 1 heterocycles. The van der Waals surface area contributed by atoms with Gasteiger partial charge in [0.25, 0.3) is 0 Å². The van der Waals surface area contributed by atoms with E-state index in [1.807, 2.05) is 27.7 Å². The van der Waals surface area contributed by atoms with Crippen LogP contribution in [0.15, 0.2) is 0 Å². The van der Waals surface area contributed by atoms with Gasteiger partial charge in [-0.1, -0.05) is 6.92 Å². The summed E-state index contributed by atoms with van der Waals surface area (Å²) in [5.74, 6) is 0.501. The van der Waals surface area contributed by atoms with Crippen molar-refractivity contribution in [3.63, 3.8) is 0 Å². The van der Waals surface area contributed by atoms with E-state index in [1.54, 1.807) is 0 Å². The van der Waals surface area contributed by atoms with Crippen molar-refractivity contribution in [1.29, 1.82) is 0 Å². The summed E-state index contributed by atoms with van der Waals surface area (Å²) >= 11 is 0. The van der Waals surface area contributed by atoms with Gasteiger partial charge < -0.3 is 15.4 Å². The monoisotopic (exact) mass is 320 g/mol. The molecule has 1 unspecified atom stereocenters. The van der Waals surface area contributed by atoms with Crippen LogP contribution >= 0.6 is 0 Å². The van der Waals surface area contributed by atoms with Crippen molar-refractivity contribution in [2.45, 2.75) is 64.6 Å². The molecule has 0 bridgehead atoms. The zero-order chi connectivity index (χ0) is 16.1. The maximum absolute atomic E-state index is 11.6. The zero-order valence-electron chi connectivity index (χ0n) is 13.4. The van der Waals surface area contributed by atoms with E-state index in [-0.39, 0.29) is 23.6 Å². The predicted octanol–water partition coefficient (Wildman–Crippen LogP) is 1.46. The van der Waals surface area contributed by atoms with Gasteiger partial charge in [0.15, 0.2) is 0 Å². The minimum absolute atomic E-state index is 0.128. The number of hydrogen-bond acceptors (Lipinski definition) is 5. The standard InChI is InChI=1S/C14H28N2O4S/c1-5-11(10-15-13(17)20-14(2,3)4)16-12-6-8-21(18,19)9-7-12/h11-12,16H,5-10H2,1-4H3,(H,15,17). The third-order valence-electron chi connectivity index (χ3n) is 3.41. The Labute approximate surface area is 127 Å². The van der Waals surface area contributed by atoms with Crippen LogP contribution in [0.5, 0.6) is 0 Å². The van der Waals surface area contributed by atoms with E-state index in [0.717, 1.165) is 6.42 Å². The lowest BCUT2D eigenvalue weighted by atomic mass is 10.1. The van der Waals surface area contributed by atoms with Crippen LogP contribution < -0.4 is 10.6 Å². The first-order valence-electron chi connectivity index (χ1n) is 7.54. The fourth-order valence-electron chi connectivity index (χ4n) is 2.23. The number of amides is 1. The van der Waals surface area contributed by atoms with Gasteiger partial charge in [-0.2, -0.15) is 0 Å². The van der Waals surface area contributed by atoms with Crippen LogP contribution in [0.2, 0.25) is 0 Å². The van der Waals surface area contributed by atoms with Gasteiger partial charge in [0.05, 0.1) is 11.5 Å². The molecule has 21 heavy (non-hydrogen) atoms. The van der Waals surface area contributed by atoms with Crippen LogP contribution in [0.1, 0.15) is 47.0 Å². The Hall–Kier alpha value is -0.820. The zero-order valence-corrected chi connectivity index (χ0v) is 14.3. The first kappa shape index (κ1) is 18.2. The first-order chi connectivity index (χ1) is 9.61. The second-order valence-electron chi connectivity index (χ2n) is 6.58. The van der Waals surface area contributed by atoms with Crippen LogP contribution in [-0.2, 0) is 14.6 Å². The number of nitrogens with one attached hydrogen (secondary N) is 2. The predicted molar refractivity (Wildman–Crippen MR) is 83.1 cm³/mol. The molecule has 7 heteroatoms. The summed E-state index contributed by atoms with van der Waals surface area (Å²) in [6, 6.07) is 0.335. The SMILES string of the molecule is CCC(CNC(=O)OC(C)(C)C)NC1CCS(=O)(=O)CC1. The maximum atomic E-state index is 11.6. The molecule has 6 nitrogen and oxygen atoms in total. The molecule has 1 aliphatic rings. The van der Waals surface area contributed by atoms with Crippen molar-refractivity contribution in [2.75, 3.05) is 18.1 Å². The van der Waals surface area contributed by atoms with E-state index in [0.29, 0.717) is 19.4 Å². The van der Waals surface area contributed by atoms with Crippen LogP contribution in [0.25, 0.3) is 0 Å². The van der Waals surface area contributed by atoms with E-state index in [1.165, 1.54) is 0 Å². The number of rotatable bonds is 5. The van der Waals surface area contributed by atoms with Crippen LogP contribution in [0, 0.1) is 0 Å². The molecular formula is C14H28N2O4S. The number of alkyl carbamates (subject to hydrolysis) is 1. The number of carbonyl (C=O) groups excluding carboxylic acids is 1. The van der Waals surface area contributed by atoms with Gasteiger partial charge in [0, 0.05) is 18.6 Å². The molecule has 0 aromatic heterocycles. The van der Waals surface area contributed by atoms with Crippen LogP contribution in [-0.4, -0.2) is 50.2 Å². The van der Waals surface area contributed by atoms with E-state index < -0.39 is 21.5 Å². The molecule has 1 atom stereocenters. The maximum Gasteiger partial charge on any atom is 0.407 e. The lowest BCUT2D eigenvalue weighted by Crippen LogP contribution is -2.48. The molecule has 0 spiro atoms. The van der Waals surface area contributed by atoms with E-state index >= 15 is 0 Å². The average Bonchev–Trinajstić information content (AvgIpc) is 2.34. The average molecular weight is 320 g/mol. The lowest BCUT2D eigenvalue weighted by molar-refractivity contribution is 0.0521. The second-order valence-corrected chi connectivity index (χ2v) is 8.88. The smallest absolute Gasteiger partial charge is 0.407 e. The Morgan fingerprint density at radius 2 is 1.86 bits per heavy atom. The Bertz CT molecular complexity index is 428. The van der Waals surface area contributed by atoms with Gasteiger partial charge in [-0.15, -0.1) is 0 Å². The highest BCUT2D eigenvalue weighted by Gasteiger charge is 2.25. The molecule has 1 aliphatic heterocycles. The Morgan fingerprint density at radius 3 is 2.33 bits per heavy atom. The third-order valence-corrected chi connectivity index (χ3v) is 5.13. The van der Waals surface area contributed by atoms with Gasteiger partial charge in [0.2, 0.25) is 0 Å². The normalized spacial score (nSPS) is 20.8. The van der Waals surface area contributed by atoms with Crippen molar-refractivity contribution in [2.24, 2.45) is 0 Å². The Kier molecular flexibility index (Phi) is 6.46. The van der Waals surface area contributed by atoms with Gasteiger partial charge in [-0.05, 0) is 40.0 Å². The molecule has 2 N–H and O–H groups in total. The fourth-order valence-corrected chi connectivity index (χ4v) is 3.72. The molecule has 1 rings (SSSR count). The van der Waals surface area contributed by atoms with Crippen LogP contribution in [0.4, 0.5) is 4.79 Å². The minimum atomic E-state index is -2.83. The molecule has 124 valence electrons. The topological polar surface area (TPSA) is 84.5 Å². The van der Waals surface area contributed by atoms with Crippen molar-refractivity contribution in [3.8, 4) is 0 Å². The summed E-state index contributed by atoms with van der Waals surface area (Å²) in [4.78, 5) is 11.6. The molecule has 1 fully saturated rings. The summed E-state index contributed by atoms with van der Waals surface area (Å²) in [6.07, 6.45) is 1.73. The highest BCUT2D eigenvalue weighted by atomic mass is 32.2. The quantitative estimate of drug-likeness (QED) is 0.801. The van der Waals surface area contributed by atoms with Gasteiger partial charge in [-0.3, -0.25) is 0 Å². The van der Waals surface area contributed by atoms with Crippen molar-refractivity contribution >= 4 is 15.9 Å². The lowest BCUT2D eigenvalue weighted by Gasteiger charge is -2.28. The summed E-state index contributed by atoms with van der Waals surface area (Å²) in [6.45, 7) is 7.99. The van der Waals surface area contributed by atoms with E-state index in [4.69, 9.17) is 4.74 Å². The number of carbonyl (C=O) groups is 1. The molecule has 0 radical (unpaired) electrons. The highest BCUT2D eigenvalue weighted by molar-refractivity contribution is 7.91. The summed E-state index contributed by atoms with van der Waals surface area (Å²) in [5.41, 5.74) is -0.503. The third kappa shape index (κ3) is 7.66. The first-order valence-corrected chi connectivity index (χ1v) is 9.37. The van der Waals surface area contributed by atoms with Crippen molar-refractivity contribution in [1.82, 2.24) is 10.6 Å². The summed E-state index contributed by atoms with van der Waals surface area (Å²) in [7, 11) is -2.83.